The molecule has 3 rings (SSSR count). The summed E-state index contributed by atoms with van der Waals surface area (Å²) in [5, 5.41) is 4.05. The monoisotopic (exact) mass is 354 g/mol. The van der Waals surface area contributed by atoms with Crippen molar-refractivity contribution in [1.82, 2.24) is 10.1 Å². The minimum absolute atomic E-state index is 0.179. The maximum Gasteiger partial charge on any atom is 0.254 e. The Morgan fingerprint density at radius 1 is 1.15 bits per heavy atom. The van der Waals surface area contributed by atoms with Crippen molar-refractivity contribution in [2.75, 3.05) is 13.7 Å². The molecule has 0 N–H and O–H groups in total. The predicted octanol–water partition coefficient (Wildman–Crippen LogP) is 4.15. The van der Waals surface area contributed by atoms with Crippen molar-refractivity contribution in [3.05, 3.63) is 71.7 Å². The molecular formula is C20H19FN2O3. The number of carbonyl (C=O) groups is 1. The first-order valence-corrected chi connectivity index (χ1v) is 8.25. The molecule has 134 valence electrons. The molecule has 0 saturated carbocycles. The summed E-state index contributed by atoms with van der Waals surface area (Å²) >= 11 is 0. The van der Waals surface area contributed by atoms with Crippen LogP contribution in [0.4, 0.5) is 4.39 Å². The first kappa shape index (κ1) is 17.7. The van der Waals surface area contributed by atoms with Crippen molar-refractivity contribution in [2.45, 2.75) is 13.5 Å². The van der Waals surface area contributed by atoms with E-state index in [2.05, 4.69) is 5.16 Å². The molecule has 2 aromatic carbocycles. The van der Waals surface area contributed by atoms with Crippen molar-refractivity contribution in [2.24, 2.45) is 0 Å². The standard InChI is InChI=1S/C20H19FN2O3/c1-3-23(20(24)15-4-8-16(21)9-5-15)13-17-12-19(26-22-17)14-6-10-18(25-2)11-7-14/h4-12H,3,13H2,1-2H3. The number of hydrogen-bond acceptors (Lipinski definition) is 4. The summed E-state index contributed by atoms with van der Waals surface area (Å²) in [5.41, 5.74) is 1.96. The molecule has 26 heavy (non-hydrogen) atoms. The highest BCUT2D eigenvalue weighted by atomic mass is 19.1. The maximum absolute atomic E-state index is 13.0. The van der Waals surface area contributed by atoms with Gasteiger partial charge in [0.15, 0.2) is 5.76 Å². The van der Waals surface area contributed by atoms with E-state index in [1.165, 1.54) is 24.3 Å². The largest absolute Gasteiger partial charge is 0.497 e. The number of hydrogen-bond donors (Lipinski definition) is 0. The van der Waals surface area contributed by atoms with E-state index >= 15 is 0 Å². The third kappa shape index (κ3) is 3.91. The number of ether oxygens (including phenoxy) is 1. The number of rotatable bonds is 6. The Morgan fingerprint density at radius 3 is 2.46 bits per heavy atom. The Labute approximate surface area is 151 Å². The van der Waals surface area contributed by atoms with Crippen molar-refractivity contribution in [3.8, 4) is 17.1 Å². The van der Waals surface area contributed by atoms with Crippen molar-refractivity contribution < 1.29 is 18.4 Å². The molecule has 1 amide bonds. The van der Waals surface area contributed by atoms with Crippen LogP contribution in [0.2, 0.25) is 0 Å². The normalized spacial score (nSPS) is 10.6. The van der Waals surface area contributed by atoms with Crippen LogP contribution in [0.25, 0.3) is 11.3 Å². The van der Waals surface area contributed by atoms with Crippen LogP contribution < -0.4 is 4.74 Å². The molecule has 3 aromatic rings. The second-order valence-electron chi connectivity index (χ2n) is 5.74. The Balaban J connectivity index is 1.73. The van der Waals surface area contributed by atoms with Crippen LogP contribution in [0, 0.1) is 5.82 Å². The Bertz CT molecular complexity index is 873. The van der Waals surface area contributed by atoms with Gasteiger partial charge in [-0.25, -0.2) is 4.39 Å². The van der Waals surface area contributed by atoms with E-state index in [0.717, 1.165) is 11.3 Å². The molecule has 0 aliphatic rings. The van der Waals surface area contributed by atoms with Gasteiger partial charge in [0.2, 0.25) is 0 Å². The zero-order valence-electron chi connectivity index (χ0n) is 14.6. The summed E-state index contributed by atoms with van der Waals surface area (Å²) < 4.78 is 23.6. The maximum atomic E-state index is 13.0. The average molecular weight is 354 g/mol. The molecule has 1 heterocycles. The van der Waals surface area contributed by atoms with Gasteiger partial charge in [0.05, 0.1) is 13.7 Å². The number of methoxy groups -OCH3 is 1. The molecule has 0 atom stereocenters. The summed E-state index contributed by atoms with van der Waals surface area (Å²) in [4.78, 5) is 14.2. The number of aromatic nitrogens is 1. The SMILES string of the molecule is CCN(Cc1cc(-c2ccc(OC)cc2)on1)C(=O)c1ccc(F)cc1. The highest BCUT2D eigenvalue weighted by Gasteiger charge is 2.17. The summed E-state index contributed by atoms with van der Waals surface area (Å²) in [6.45, 7) is 2.69. The first-order valence-electron chi connectivity index (χ1n) is 8.25. The average Bonchev–Trinajstić information content (AvgIpc) is 3.15. The lowest BCUT2D eigenvalue weighted by molar-refractivity contribution is 0.0749. The van der Waals surface area contributed by atoms with Crippen LogP contribution in [0.1, 0.15) is 23.0 Å². The minimum atomic E-state index is -0.370. The smallest absolute Gasteiger partial charge is 0.254 e. The van der Waals surface area contributed by atoms with E-state index < -0.39 is 0 Å². The molecule has 0 saturated heterocycles. The molecule has 0 aliphatic carbocycles. The summed E-state index contributed by atoms with van der Waals surface area (Å²) in [5.74, 6) is 0.829. The lowest BCUT2D eigenvalue weighted by Gasteiger charge is -2.19. The molecule has 5 nitrogen and oxygen atoms in total. The van der Waals surface area contributed by atoms with Gasteiger partial charge in [-0.1, -0.05) is 5.16 Å². The molecule has 0 fully saturated rings. The highest BCUT2D eigenvalue weighted by Crippen LogP contribution is 2.23. The molecule has 0 bridgehead atoms. The Kier molecular flexibility index (Phi) is 5.31. The first-order chi connectivity index (χ1) is 12.6. The number of nitrogens with zero attached hydrogens (tertiary/aromatic N) is 2. The van der Waals surface area contributed by atoms with E-state index in [1.54, 1.807) is 12.0 Å². The Morgan fingerprint density at radius 2 is 1.85 bits per heavy atom. The van der Waals surface area contributed by atoms with Gasteiger partial charge in [-0.3, -0.25) is 4.79 Å². The molecule has 0 spiro atoms. The topological polar surface area (TPSA) is 55.6 Å². The molecule has 6 heteroatoms. The van der Waals surface area contributed by atoms with E-state index in [4.69, 9.17) is 9.26 Å². The fourth-order valence-electron chi connectivity index (χ4n) is 2.58. The van der Waals surface area contributed by atoms with Crippen LogP contribution in [-0.4, -0.2) is 29.6 Å². The van der Waals surface area contributed by atoms with Crippen LogP contribution in [0.3, 0.4) is 0 Å². The van der Waals surface area contributed by atoms with Crippen LogP contribution in [-0.2, 0) is 6.54 Å². The van der Waals surface area contributed by atoms with E-state index in [0.29, 0.717) is 30.1 Å². The predicted molar refractivity (Wildman–Crippen MR) is 95.3 cm³/mol. The zero-order valence-corrected chi connectivity index (χ0v) is 14.6. The second kappa shape index (κ2) is 7.82. The van der Waals surface area contributed by atoms with Crippen molar-refractivity contribution >= 4 is 5.91 Å². The zero-order chi connectivity index (χ0) is 18.5. The van der Waals surface area contributed by atoms with Gasteiger partial charge in [-0.2, -0.15) is 0 Å². The molecule has 0 unspecified atom stereocenters. The fourth-order valence-corrected chi connectivity index (χ4v) is 2.58. The lowest BCUT2D eigenvalue weighted by atomic mass is 10.1. The fraction of sp³-hybridized carbons (Fsp3) is 0.200. The number of carbonyl (C=O) groups excluding carboxylic acids is 1. The van der Waals surface area contributed by atoms with Gasteiger partial charge < -0.3 is 14.2 Å². The van der Waals surface area contributed by atoms with Gasteiger partial charge >= 0.3 is 0 Å². The molecule has 0 radical (unpaired) electrons. The van der Waals surface area contributed by atoms with Crippen molar-refractivity contribution in [1.29, 1.82) is 0 Å². The minimum Gasteiger partial charge on any atom is -0.497 e. The summed E-state index contributed by atoms with van der Waals surface area (Å²) in [6.07, 6.45) is 0. The van der Waals surface area contributed by atoms with Gasteiger partial charge in [-0.05, 0) is 55.5 Å². The molecule has 1 aromatic heterocycles. The van der Waals surface area contributed by atoms with Gasteiger partial charge in [-0.15, -0.1) is 0 Å². The lowest BCUT2D eigenvalue weighted by Crippen LogP contribution is -2.30. The molecule has 0 aliphatic heterocycles. The second-order valence-corrected chi connectivity index (χ2v) is 5.74. The van der Waals surface area contributed by atoms with E-state index in [1.807, 2.05) is 37.3 Å². The summed E-state index contributed by atoms with van der Waals surface area (Å²) in [6, 6.07) is 14.8. The van der Waals surface area contributed by atoms with E-state index in [9.17, 15) is 9.18 Å². The summed E-state index contributed by atoms with van der Waals surface area (Å²) in [7, 11) is 1.61. The third-order valence-corrected chi connectivity index (χ3v) is 4.05. The molecular weight excluding hydrogens is 335 g/mol. The van der Waals surface area contributed by atoms with E-state index in [-0.39, 0.29) is 11.7 Å². The Hall–Kier alpha value is -3.15. The highest BCUT2D eigenvalue weighted by molar-refractivity contribution is 5.94. The van der Waals surface area contributed by atoms with Crippen LogP contribution in [0.5, 0.6) is 5.75 Å². The van der Waals surface area contributed by atoms with Gasteiger partial charge in [0.25, 0.3) is 5.91 Å². The quantitative estimate of drug-likeness (QED) is 0.667. The number of amides is 1. The van der Waals surface area contributed by atoms with Gasteiger partial charge in [0, 0.05) is 23.7 Å². The van der Waals surface area contributed by atoms with Gasteiger partial charge in [0.1, 0.15) is 17.3 Å². The number of benzene rings is 2. The van der Waals surface area contributed by atoms with Crippen LogP contribution >= 0.6 is 0 Å². The van der Waals surface area contributed by atoms with Crippen molar-refractivity contribution in [3.63, 3.8) is 0 Å². The third-order valence-electron chi connectivity index (χ3n) is 4.05. The number of halogens is 1. The van der Waals surface area contributed by atoms with Crippen LogP contribution in [0.15, 0.2) is 59.1 Å².